The van der Waals surface area contributed by atoms with Crippen LogP contribution >= 0.6 is 0 Å². The van der Waals surface area contributed by atoms with Crippen molar-refractivity contribution in [3.05, 3.63) is 18.2 Å². The predicted octanol–water partition coefficient (Wildman–Crippen LogP) is 1.98. The number of anilines is 1. The Bertz CT molecular complexity index is 759. The van der Waals surface area contributed by atoms with Gasteiger partial charge in [0.05, 0.1) is 15.5 Å². The summed E-state index contributed by atoms with van der Waals surface area (Å²) in [5.74, 6) is 0.955. The number of nitrogens with zero attached hydrogens (tertiary/aromatic N) is 1. The van der Waals surface area contributed by atoms with Gasteiger partial charge in [0, 0.05) is 25.6 Å². The van der Waals surface area contributed by atoms with E-state index in [2.05, 4.69) is 18.7 Å². The standard InChI is InChI=1S/C15H23NO4S2/c1-11-7-12(2)10-16(9-11)14-6-5-13(21(3,17)18)8-15(14)22(4,19)20/h5-6,8,11-12H,7,9-10H2,1-4H3/t11-,12-/m1/s1. The van der Waals surface area contributed by atoms with E-state index in [0.717, 1.165) is 32.0 Å². The molecule has 124 valence electrons. The highest BCUT2D eigenvalue weighted by Gasteiger charge is 2.27. The summed E-state index contributed by atoms with van der Waals surface area (Å²) in [7, 11) is -6.94. The van der Waals surface area contributed by atoms with Crippen LogP contribution in [0, 0.1) is 11.8 Å². The third kappa shape index (κ3) is 3.81. The van der Waals surface area contributed by atoms with Crippen LogP contribution in [-0.2, 0) is 19.7 Å². The van der Waals surface area contributed by atoms with E-state index in [4.69, 9.17) is 0 Å². The first-order valence-electron chi connectivity index (χ1n) is 7.27. The van der Waals surface area contributed by atoms with Crippen molar-refractivity contribution in [3.8, 4) is 0 Å². The van der Waals surface area contributed by atoms with Crippen molar-refractivity contribution in [3.63, 3.8) is 0 Å². The number of hydrogen-bond donors (Lipinski definition) is 0. The van der Waals surface area contributed by atoms with Gasteiger partial charge in [0.15, 0.2) is 19.7 Å². The zero-order valence-corrected chi connectivity index (χ0v) is 15.0. The highest BCUT2D eigenvalue weighted by molar-refractivity contribution is 7.91. The molecule has 5 nitrogen and oxygen atoms in total. The Hall–Kier alpha value is -1.08. The molecule has 1 saturated heterocycles. The van der Waals surface area contributed by atoms with Crippen molar-refractivity contribution in [2.75, 3.05) is 30.5 Å². The molecular weight excluding hydrogens is 322 g/mol. The van der Waals surface area contributed by atoms with E-state index in [-0.39, 0.29) is 9.79 Å². The summed E-state index contributed by atoms with van der Waals surface area (Å²) >= 11 is 0. The monoisotopic (exact) mass is 345 g/mol. The van der Waals surface area contributed by atoms with Gasteiger partial charge in [-0.3, -0.25) is 0 Å². The van der Waals surface area contributed by atoms with Gasteiger partial charge < -0.3 is 4.90 Å². The number of benzene rings is 1. The van der Waals surface area contributed by atoms with E-state index in [1.165, 1.54) is 12.1 Å². The zero-order valence-electron chi connectivity index (χ0n) is 13.4. The summed E-state index contributed by atoms with van der Waals surface area (Å²) in [5.41, 5.74) is 0.605. The first-order valence-corrected chi connectivity index (χ1v) is 11.1. The fourth-order valence-corrected chi connectivity index (χ4v) is 4.78. The van der Waals surface area contributed by atoms with E-state index in [1.807, 2.05) is 0 Å². The van der Waals surface area contributed by atoms with Crippen molar-refractivity contribution in [2.24, 2.45) is 11.8 Å². The second-order valence-corrected chi connectivity index (χ2v) is 10.5. The first-order chi connectivity index (χ1) is 9.98. The lowest BCUT2D eigenvalue weighted by Gasteiger charge is -2.37. The molecule has 22 heavy (non-hydrogen) atoms. The maximum Gasteiger partial charge on any atom is 0.177 e. The van der Waals surface area contributed by atoms with Crippen molar-refractivity contribution in [1.82, 2.24) is 0 Å². The lowest BCUT2D eigenvalue weighted by atomic mass is 9.91. The molecule has 0 bridgehead atoms. The largest absolute Gasteiger partial charge is 0.370 e. The van der Waals surface area contributed by atoms with Gasteiger partial charge in [-0.2, -0.15) is 0 Å². The fraction of sp³-hybridized carbons (Fsp3) is 0.600. The Morgan fingerprint density at radius 2 is 1.50 bits per heavy atom. The van der Waals surface area contributed by atoms with Crippen LogP contribution in [0.3, 0.4) is 0 Å². The maximum absolute atomic E-state index is 12.1. The molecule has 0 unspecified atom stereocenters. The number of hydrogen-bond acceptors (Lipinski definition) is 5. The summed E-state index contributed by atoms with van der Waals surface area (Å²) in [6, 6.07) is 4.39. The van der Waals surface area contributed by atoms with E-state index < -0.39 is 19.7 Å². The van der Waals surface area contributed by atoms with Gasteiger partial charge in [-0.05, 0) is 36.5 Å². The van der Waals surface area contributed by atoms with Gasteiger partial charge in [-0.15, -0.1) is 0 Å². The number of rotatable bonds is 3. The van der Waals surface area contributed by atoms with Gasteiger partial charge in [-0.1, -0.05) is 13.8 Å². The molecule has 1 aliphatic rings. The molecular formula is C15H23NO4S2. The Morgan fingerprint density at radius 1 is 0.955 bits per heavy atom. The Balaban J connectivity index is 2.56. The molecule has 2 rings (SSSR count). The third-order valence-corrected chi connectivity index (χ3v) is 6.20. The van der Waals surface area contributed by atoms with Gasteiger partial charge in [0.2, 0.25) is 0 Å². The second-order valence-electron chi connectivity index (χ2n) is 6.52. The highest BCUT2D eigenvalue weighted by atomic mass is 32.2. The average Bonchev–Trinajstić information content (AvgIpc) is 2.34. The molecule has 1 fully saturated rings. The summed E-state index contributed by atoms with van der Waals surface area (Å²) in [5, 5.41) is 0. The summed E-state index contributed by atoms with van der Waals surface area (Å²) in [4.78, 5) is 2.19. The summed E-state index contributed by atoms with van der Waals surface area (Å²) in [6.45, 7) is 5.86. The molecule has 0 amide bonds. The van der Waals surface area contributed by atoms with Crippen LogP contribution < -0.4 is 4.90 Å². The minimum Gasteiger partial charge on any atom is -0.370 e. The van der Waals surface area contributed by atoms with Gasteiger partial charge >= 0.3 is 0 Å². The van der Waals surface area contributed by atoms with Crippen molar-refractivity contribution >= 4 is 25.4 Å². The van der Waals surface area contributed by atoms with E-state index in [1.54, 1.807) is 6.07 Å². The van der Waals surface area contributed by atoms with Crippen LogP contribution in [0.4, 0.5) is 5.69 Å². The lowest BCUT2D eigenvalue weighted by molar-refractivity contribution is 0.356. The summed E-state index contributed by atoms with van der Waals surface area (Å²) < 4.78 is 47.6. The molecule has 0 spiro atoms. The van der Waals surface area contributed by atoms with E-state index in [0.29, 0.717) is 17.5 Å². The number of piperidine rings is 1. The molecule has 0 N–H and O–H groups in total. The van der Waals surface area contributed by atoms with Crippen molar-refractivity contribution in [2.45, 2.75) is 30.1 Å². The molecule has 1 aromatic rings. The molecule has 0 aromatic heterocycles. The number of sulfone groups is 2. The predicted molar refractivity (Wildman–Crippen MR) is 87.8 cm³/mol. The van der Waals surface area contributed by atoms with Gasteiger partial charge in [0.25, 0.3) is 0 Å². The maximum atomic E-state index is 12.1. The zero-order chi connectivity index (χ0) is 16.7. The normalized spacial score (nSPS) is 23.5. The molecule has 1 aliphatic heterocycles. The van der Waals surface area contributed by atoms with E-state index in [9.17, 15) is 16.8 Å². The molecule has 2 atom stereocenters. The quantitative estimate of drug-likeness (QED) is 0.837. The van der Waals surface area contributed by atoms with Crippen LogP contribution in [0.25, 0.3) is 0 Å². The summed E-state index contributed by atoms with van der Waals surface area (Å²) in [6.07, 6.45) is 3.32. The van der Waals surface area contributed by atoms with Crippen LogP contribution in [0.2, 0.25) is 0 Å². The minimum atomic E-state index is -3.51. The molecule has 0 radical (unpaired) electrons. The van der Waals surface area contributed by atoms with Crippen molar-refractivity contribution in [1.29, 1.82) is 0 Å². The highest BCUT2D eigenvalue weighted by Crippen LogP contribution is 2.32. The molecule has 7 heteroatoms. The minimum absolute atomic E-state index is 0.0368. The van der Waals surface area contributed by atoms with Crippen LogP contribution in [0.1, 0.15) is 20.3 Å². The lowest BCUT2D eigenvalue weighted by Crippen LogP contribution is -2.39. The second kappa shape index (κ2) is 5.85. The Kier molecular flexibility index (Phi) is 4.59. The topological polar surface area (TPSA) is 71.5 Å². The molecule has 0 saturated carbocycles. The smallest absolute Gasteiger partial charge is 0.177 e. The molecule has 1 aromatic carbocycles. The van der Waals surface area contributed by atoms with Crippen LogP contribution in [0.5, 0.6) is 0 Å². The van der Waals surface area contributed by atoms with Crippen molar-refractivity contribution < 1.29 is 16.8 Å². The van der Waals surface area contributed by atoms with Crippen LogP contribution in [0.15, 0.2) is 28.0 Å². The van der Waals surface area contributed by atoms with Gasteiger partial charge in [-0.25, -0.2) is 16.8 Å². The fourth-order valence-electron chi connectivity index (χ4n) is 3.14. The molecule has 0 aliphatic carbocycles. The Morgan fingerprint density at radius 3 is 1.95 bits per heavy atom. The van der Waals surface area contributed by atoms with Crippen LogP contribution in [-0.4, -0.2) is 42.4 Å². The first kappa shape index (κ1) is 17.3. The SMILES string of the molecule is C[C@@H]1C[C@@H](C)CN(c2ccc(S(C)(=O)=O)cc2S(C)(=O)=O)C1. The Labute approximate surface area is 133 Å². The van der Waals surface area contributed by atoms with E-state index >= 15 is 0 Å². The molecule has 1 heterocycles. The van der Waals surface area contributed by atoms with Gasteiger partial charge in [0.1, 0.15) is 0 Å². The third-order valence-electron chi connectivity index (χ3n) is 3.97. The average molecular weight is 345 g/mol.